The normalized spacial score (nSPS) is 10.5. The van der Waals surface area contributed by atoms with E-state index >= 15 is 0 Å². The van der Waals surface area contributed by atoms with Crippen LogP contribution in [0.2, 0.25) is 0 Å². The summed E-state index contributed by atoms with van der Waals surface area (Å²) in [4.78, 5) is 15.3. The zero-order valence-electron chi connectivity index (χ0n) is 12.5. The number of hydrogen-bond acceptors (Lipinski definition) is 4. The van der Waals surface area contributed by atoms with Gasteiger partial charge in [-0.05, 0) is 48.9 Å². The molecule has 6 nitrogen and oxygen atoms in total. The molecule has 0 fully saturated rings. The maximum absolute atomic E-state index is 12.3. The summed E-state index contributed by atoms with van der Waals surface area (Å²) in [5.41, 5.74) is 5.84. The molecule has 3 rings (SSSR count). The monoisotopic (exact) mass is 308 g/mol. The Balaban J connectivity index is 1.81. The standard InChI is InChI=1S/C17H16N4O2/c1-10(18)11-2-4-13(5-3-11)19-17(22)16-9-12-8-14(21-23)6-7-15(12)20-16/h2-9,18,20-21,23H,1H3,(H,19,22). The Bertz CT molecular complexity index is 881. The number of benzene rings is 2. The summed E-state index contributed by atoms with van der Waals surface area (Å²) in [7, 11) is 0. The highest BCUT2D eigenvalue weighted by Gasteiger charge is 2.10. The first-order valence-corrected chi connectivity index (χ1v) is 7.06. The predicted octanol–water partition coefficient (Wildman–Crippen LogP) is 3.61. The number of fused-ring (bicyclic) bond motifs is 1. The van der Waals surface area contributed by atoms with E-state index in [-0.39, 0.29) is 5.91 Å². The van der Waals surface area contributed by atoms with Gasteiger partial charge in [-0.2, -0.15) is 0 Å². The number of anilines is 2. The molecule has 0 spiro atoms. The second kappa shape index (κ2) is 5.94. The highest BCUT2D eigenvalue weighted by atomic mass is 16.5. The molecule has 3 aromatic rings. The van der Waals surface area contributed by atoms with Gasteiger partial charge in [-0.1, -0.05) is 12.1 Å². The highest BCUT2D eigenvalue weighted by molar-refractivity contribution is 6.06. The van der Waals surface area contributed by atoms with Crippen LogP contribution in [0.1, 0.15) is 23.0 Å². The lowest BCUT2D eigenvalue weighted by molar-refractivity contribution is 0.102. The maximum atomic E-state index is 12.3. The van der Waals surface area contributed by atoms with Crippen molar-refractivity contribution < 1.29 is 10.0 Å². The number of nitrogens with one attached hydrogen (secondary N) is 4. The van der Waals surface area contributed by atoms with Gasteiger partial charge in [0.25, 0.3) is 5.91 Å². The zero-order valence-corrected chi connectivity index (χ0v) is 12.5. The van der Waals surface area contributed by atoms with Crippen LogP contribution in [-0.4, -0.2) is 21.8 Å². The van der Waals surface area contributed by atoms with E-state index in [0.717, 1.165) is 16.5 Å². The number of carbonyl (C=O) groups excluding carboxylic acids is 1. The van der Waals surface area contributed by atoms with Crippen LogP contribution in [0.4, 0.5) is 11.4 Å². The predicted molar refractivity (Wildman–Crippen MR) is 90.6 cm³/mol. The van der Waals surface area contributed by atoms with E-state index in [1.165, 1.54) is 0 Å². The average molecular weight is 308 g/mol. The molecule has 5 N–H and O–H groups in total. The van der Waals surface area contributed by atoms with Crippen molar-refractivity contribution >= 4 is 33.9 Å². The van der Waals surface area contributed by atoms with Gasteiger partial charge in [-0.25, -0.2) is 0 Å². The van der Waals surface area contributed by atoms with Crippen molar-refractivity contribution in [1.82, 2.24) is 4.98 Å². The summed E-state index contributed by atoms with van der Waals surface area (Å²) in [5.74, 6) is -0.251. The van der Waals surface area contributed by atoms with Gasteiger partial charge < -0.3 is 15.7 Å². The molecule has 0 saturated heterocycles. The SMILES string of the molecule is CC(=N)c1ccc(NC(=O)c2cc3cc(NO)ccc3[nH]2)cc1. The molecule has 0 atom stereocenters. The summed E-state index contributed by atoms with van der Waals surface area (Å²) in [5, 5.41) is 20.1. The molecule has 1 heterocycles. The van der Waals surface area contributed by atoms with E-state index in [1.807, 2.05) is 0 Å². The van der Waals surface area contributed by atoms with Crippen LogP contribution in [0, 0.1) is 5.41 Å². The lowest BCUT2D eigenvalue weighted by atomic mass is 10.1. The Labute approximate surface area is 132 Å². The van der Waals surface area contributed by atoms with E-state index in [9.17, 15) is 4.79 Å². The minimum absolute atomic E-state index is 0.251. The van der Waals surface area contributed by atoms with Crippen molar-refractivity contribution in [1.29, 1.82) is 5.41 Å². The van der Waals surface area contributed by atoms with Gasteiger partial charge in [-0.15, -0.1) is 0 Å². The number of amides is 1. The van der Waals surface area contributed by atoms with Crippen LogP contribution in [0.5, 0.6) is 0 Å². The van der Waals surface area contributed by atoms with Crippen molar-refractivity contribution in [2.45, 2.75) is 6.92 Å². The number of H-pyrrole nitrogens is 1. The van der Waals surface area contributed by atoms with Crippen LogP contribution < -0.4 is 10.8 Å². The van der Waals surface area contributed by atoms with Gasteiger partial charge in [0.2, 0.25) is 0 Å². The smallest absolute Gasteiger partial charge is 0.272 e. The summed E-state index contributed by atoms with van der Waals surface area (Å²) in [6.45, 7) is 1.72. The molecule has 2 aromatic carbocycles. The number of carbonyl (C=O) groups is 1. The van der Waals surface area contributed by atoms with Gasteiger partial charge in [0.1, 0.15) is 5.69 Å². The summed E-state index contributed by atoms with van der Waals surface area (Å²) >= 11 is 0. The van der Waals surface area contributed by atoms with Crippen molar-refractivity contribution in [3.05, 3.63) is 59.8 Å². The van der Waals surface area contributed by atoms with Crippen LogP contribution >= 0.6 is 0 Å². The zero-order chi connectivity index (χ0) is 16.4. The Kier molecular flexibility index (Phi) is 3.82. The Morgan fingerprint density at radius 1 is 1.09 bits per heavy atom. The second-order valence-corrected chi connectivity index (χ2v) is 5.25. The van der Waals surface area contributed by atoms with Gasteiger partial charge in [-0.3, -0.25) is 15.5 Å². The van der Waals surface area contributed by atoms with E-state index in [1.54, 1.807) is 55.5 Å². The maximum Gasteiger partial charge on any atom is 0.272 e. The third-order valence-electron chi connectivity index (χ3n) is 3.57. The molecule has 0 radical (unpaired) electrons. The fraction of sp³-hybridized carbons (Fsp3) is 0.0588. The molecule has 1 amide bonds. The molecule has 6 heteroatoms. The molecular formula is C17H16N4O2. The largest absolute Gasteiger partial charge is 0.351 e. The van der Waals surface area contributed by atoms with Gasteiger partial charge in [0, 0.05) is 22.3 Å². The van der Waals surface area contributed by atoms with Crippen molar-refractivity contribution in [2.24, 2.45) is 0 Å². The van der Waals surface area contributed by atoms with Crippen molar-refractivity contribution in [3.8, 4) is 0 Å². The molecule has 0 aliphatic heterocycles. The molecule has 23 heavy (non-hydrogen) atoms. The fourth-order valence-electron chi connectivity index (χ4n) is 2.33. The molecule has 0 saturated carbocycles. The molecule has 0 unspecified atom stereocenters. The van der Waals surface area contributed by atoms with Crippen LogP contribution in [-0.2, 0) is 0 Å². The third-order valence-corrected chi connectivity index (χ3v) is 3.57. The number of rotatable bonds is 4. The van der Waals surface area contributed by atoms with Gasteiger partial charge in [0.15, 0.2) is 0 Å². The van der Waals surface area contributed by atoms with E-state index < -0.39 is 0 Å². The van der Waals surface area contributed by atoms with Crippen LogP contribution in [0.15, 0.2) is 48.5 Å². The van der Waals surface area contributed by atoms with Crippen molar-refractivity contribution in [3.63, 3.8) is 0 Å². The molecule has 1 aromatic heterocycles. The van der Waals surface area contributed by atoms with Gasteiger partial charge in [0.05, 0.1) is 5.69 Å². The summed E-state index contributed by atoms with van der Waals surface area (Å²) in [6, 6.07) is 14.1. The Morgan fingerprint density at radius 3 is 2.43 bits per heavy atom. The Hall–Kier alpha value is -3.12. The summed E-state index contributed by atoms with van der Waals surface area (Å²) in [6.07, 6.45) is 0. The highest BCUT2D eigenvalue weighted by Crippen LogP contribution is 2.20. The first-order valence-electron chi connectivity index (χ1n) is 7.06. The first kappa shape index (κ1) is 14.8. The number of aromatic amines is 1. The number of aromatic nitrogens is 1. The van der Waals surface area contributed by atoms with E-state index in [2.05, 4.69) is 15.8 Å². The third kappa shape index (κ3) is 3.07. The molecule has 116 valence electrons. The topological polar surface area (TPSA) is 101 Å². The molecule has 0 aliphatic carbocycles. The Morgan fingerprint density at radius 2 is 1.78 bits per heavy atom. The van der Waals surface area contributed by atoms with E-state index in [4.69, 9.17) is 10.6 Å². The van der Waals surface area contributed by atoms with Crippen molar-refractivity contribution in [2.75, 3.05) is 10.8 Å². The van der Waals surface area contributed by atoms with E-state index in [0.29, 0.717) is 22.8 Å². The number of hydrogen-bond donors (Lipinski definition) is 5. The minimum Gasteiger partial charge on any atom is -0.351 e. The quantitative estimate of drug-likeness (QED) is 0.376. The molecular weight excluding hydrogens is 292 g/mol. The van der Waals surface area contributed by atoms with Gasteiger partial charge >= 0.3 is 0 Å². The summed E-state index contributed by atoms with van der Waals surface area (Å²) < 4.78 is 0. The molecule has 0 aliphatic rings. The van der Waals surface area contributed by atoms with Crippen LogP contribution in [0.3, 0.4) is 0 Å². The van der Waals surface area contributed by atoms with Crippen LogP contribution in [0.25, 0.3) is 10.9 Å². The second-order valence-electron chi connectivity index (χ2n) is 5.25. The minimum atomic E-state index is -0.251. The fourth-order valence-corrected chi connectivity index (χ4v) is 2.33. The lowest BCUT2D eigenvalue weighted by Gasteiger charge is -2.05. The average Bonchev–Trinajstić information content (AvgIpc) is 2.98. The lowest BCUT2D eigenvalue weighted by Crippen LogP contribution is -2.12. The first-order chi connectivity index (χ1) is 11.1. The molecule has 0 bridgehead atoms.